The average molecular weight is 615 g/mol. The van der Waals surface area contributed by atoms with E-state index in [0.29, 0.717) is 28.0 Å². The number of likely N-dealkylation sites (tertiary alicyclic amines) is 1. The smallest absolute Gasteiger partial charge is 0.242 e. The van der Waals surface area contributed by atoms with Gasteiger partial charge in [-0.25, -0.2) is 8.42 Å². The Morgan fingerprint density at radius 3 is 2.37 bits per heavy atom. The predicted octanol–water partition coefficient (Wildman–Crippen LogP) is 5.66. The van der Waals surface area contributed by atoms with E-state index in [4.69, 9.17) is 23.2 Å². The predicted molar refractivity (Wildman–Crippen MR) is 166 cm³/mol. The standard InChI is InChI=1S/C30H33Cl2N5O3S/c1-35(30(38)21-37(18-15-33)24-13-14-26(31)27(32)19-24)29(20-36-16-5-6-17-36)23-11-9-22(10-12-23)25-7-3-4-8-28(25)34-41(2,39)40/h3-4,7-14,19,29,34H,5-6,16-18,20-21H2,1-2H3. The van der Waals surface area contributed by atoms with Crippen LogP contribution in [0, 0.1) is 11.3 Å². The molecule has 1 unspecified atom stereocenters. The summed E-state index contributed by atoms with van der Waals surface area (Å²) in [5.41, 5.74) is 3.73. The highest BCUT2D eigenvalue weighted by Crippen LogP contribution is 2.32. The molecule has 0 saturated carbocycles. The highest BCUT2D eigenvalue weighted by Gasteiger charge is 2.27. The van der Waals surface area contributed by atoms with Crippen LogP contribution in [-0.2, 0) is 14.8 Å². The van der Waals surface area contributed by atoms with Crippen molar-refractivity contribution >= 4 is 50.5 Å². The number of hydrogen-bond acceptors (Lipinski definition) is 6. The molecule has 1 saturated heterocycles. The van der Waals surface area contributed by atoms with Crippen molar-refractivity contribution in [3.05, 3.63) is 82.3 Å². The monoisotopic (exact) mass is 613 g/mol. The summed E-state index contributed by atoms with van der Waals surface area (Å²) in [6.45, 7) is 2.65. The lowest BCUT2D eigenvalue weighted by molar-refractivity contribution is -0.131. The lowest BCUT2D eigenvalue weighted by Gasteiger charge is -2.34. The van der Waals surface area contributed by atoms with Gasteiger partial charge in [0.2, 0.25) is 15.9 Å². The number of likely N-dealkylation sites (N-methyl/N-ethyl adjacent to an activating group) is 1. The van der Waals surface area contributed by atoms with Gasteiger partial charge in [0.05, 0.1) is 40.6 Å². The number of nitrogens with one attached hydrogen (secondary N) is 1. The summed E-state index contributed by atoms with van der Waals surface area (Å²) in [5.74, 6) is -0.137. The number of carbonyl (C=O) groups excluding carboxylic acids is 1. The third-order valence-electron chi connectivity index (χ3n) is 7.18. The summed E-state index contributed by atoms with van der Waals surface area (Å²) >= 11 is 12.3. The van der Waals surface area contributed by atoms with E-state index >= 15 is 0 Å². The fourth-order valence-electron chi connectivity index (χ4n) is 5.02. The Balaban J connectivity index is 1.59. The van der Waals surface area contributed by atoms with Crippen LogP contribution in [0.1, 0.15) is 24.4 Å². The van der Waals surface area contributed by atoms with E-state index in [1.165, 1.54) is 0 Å². The molecule has 1 amide bonds. The molecule has 0 bridgehead atoms. The van der Waals surface area contributed by atoms with Crippen LogP contribution < -0.4 is 9.62 Å². The van der Waals surface area contributed by atoms with Crippen LogP contribution in [0.25, 0.3) is 11.1 Å². The molecule has 216 valence electrons. The zero-order valence-corrected chi connectivity index (χ0v) is 25.4. The zero-order chi connectivity index (χ0) is 29.6. The van der Waals surface area contributed by atoms with Gasteiger partial charge in [0.15, 0.2) is 0 Å². The lowest BCUT2D eigenvalue weighted by atomic mass is 9.98. The van der Waals surface area contributed by atoms with Crippen LogP contribution in [0.2, 0.25) is 10.0 Å². The summed E-state index contributed by atoms with van der Waals surface area (Å²) in [6, 6.07) is 22.1. The number of hydrogen-bond donors (Lipinski definition) is 1. The van der Waals surface area contributed by atoms with Crippen LogP contribution in [-0.4, -0.2) is 70.2 Å². The van der Waals surface area contributed by atoms with E-state index in [9.17, 15) is 18.5 Å². The Morgan fingerprint density at radius 1 is 1.05 bits per heavy atom. The lowest BCUT2D eigenvalue weighted by Crippen LogP contribution is -2.43. The highest BCUT2D eigenvalue weighted by atomic mass is 35.5. The summed E-state index contributed by atoms with van der Waals surface area (Å²) in [5, 5.41) is 10.2. The molecule has 1 aliphatic rings. The Labute approximate surface area is 252 Å². The molecular weight excluding hydrogens is 581 g/mol. The van der Waals surface area contributed by atoms with Gasteiger partial charge in [-0.15, -0.1) is 0 Å². The van der Waals surface area contributed by atoms with Gasteiger partial charge < -0.3 is 14.7 Å². The molecule has 0 radical (unpaired) electrons. The third kappa shape index (κ3) is 8.14. The van der Waals surface area contributed by atoms with Crippen LogP contribution in [0.5, 0.6) is 0 Å². The number of anilines is 2. The summed E-state index contributed by atoms with van der Waals surface area (Å²) in [4.78, 5) is 19.4. The van der Waals surface area contributed by atoms with Gasteiger partial charge in [-0.05, 0) is 61.3 Å². The second-order valence-corrected chi connectivity index (χ2v) is 12.7. The van der Waals surface area contributed by atoms with Gasteiger partial charge in [0, 0.05) is 24.8 Å². The Morgan fingerprint density at radius 2 is 1.73 bits per heavy atom. The largest absolute Gasteiger partial charge is 0.349 e. The number of halogens is 2. The van der Waals surface area contributed by atoms with Crippen molar-refractivity contribution in [1.82, 2.24) is 9.80 Å². The number of nitriles is 1. The van der Waals surface area contributed by atoms with Crippen molar-refractivity contribution in [3.63, 3.8) is 0 Å². The van der Waals surface area contributed by atoms with Gasteiger partial charge in [-0.2, -0.15) is 5.26 Å². The normalized spacial score (nSPS) is 14.3. The number of sulfonamides is 1. The molecule has 11 heteroatoms. The molecule has 41 heavy (non-hydrogen) atoms. The fraction of sp³-hybridized carbons (Fsp3) is 0.333. The highest BCUT2D eigenvalue weighted by molar-refractivity contribution is 7.92. The first-order valence-corrected chi connectivity index (χ1v) is 15.9. The molecule has 0 aromatic heterocycles. The number of para-hydroxylation sites is 1. The maximum atomic E-state index is 13.6. The molecular formula is C30H33Cl2N5O3S. The van der Waals surface area contributed by atoms with Crippen molar-refractivity contribution in [2.45, 2.75) is 18.9 Å². The maximum absolute atomic E-state index is 13.6. The first-order chi connectivity index (χ1) is 19.6. The zero-order valence-electron chi connectivity index (χ0n) is 23.1. The Kier molecular flexibility index (Phi) is 10.2. The minimum Gasteiger partial charge on any atom is -0.349 e. The fourth-order valence-corrected chi connectivity index (χ4v) is 5.89. The number of carbonyl (C=O) groups is 1. The molecule has 0 spiro atoms. The van der Waals surface area contributed by atoms with Crippen LogP contribution in [0.3, 0.4) is 0 Å². The van der Waals surface area contributed by atoms with Gasteiger partial charge in [0.25, 0.3) is 0 Å². The second-order valence-electron chi connectivity index (χ2n) is 10.2. The number of amides is 1. The number of rotatable bonds is 11. The molecule has 3 aromatic rings. The molecule has 0 aliphatic carbocycles. The molecule has 3 aromatic carbocycles. The van der Waals surface area contributed by atoms with Crippen molar-refractivity contribution in [3.8, 4) is 17.2 Å². The van der Waals surface area contributed by atoms with Crippen molar-refractivity contribution < 1.29 is 13.2 Å². The topological polar surface area (TPSA) is 96.8 Å². The quantitative estimate of drug-likeness (QED) is 0.280. The van der Waals surface area contributed by atoms with Crippen LogP contribution >= 0.6 is 23.2 Å². The van der Waals surface area contributed by atoms with Crippen molar-refractivity contribution in [2.24, 2.45) is 0 Å². The second kappa shape index (κ2) is 13.6. The SMILES string of the molecule is CN(C(=O)CN(CC#N)c1ccc(Cl)c(Cl)c1)C(CN1CCCC1)c1ccc(-c2ccccc2NS(C)(=O)=O)cc1. The third-order valence-corrected chi connectivity index (χ3v) is 8.51. The van der Waals surface area contributed by atoms with Crippen LogP contribution in [0.15, 0.2) is 66.7 Å². The molecule has 1 fully saturated rings. The number of nitrogens with zero attached hydrogens (tertiary/aromatic N) is 4. The van der Waals surface area contributed by atoms with Gasteiger partial charge in [-0.1, -0.05) is 65.7 Å². The van der Waals surface area contributed by atoms with E-state index in [0.717, 1.165) is 48.9 Å². The molecule has 8 nitrogen and oxygen atoms in total. The molecule has 1 aliphatic heterocycles. The average Bonchev–Trinajstić information content (AvgIpc) is 3.46. The maximum Gasteiger partial charge on any atom is 0.242 e. The minimum absolute atomic E-state index is 0.00113. The Hall–Kier alpha value is -3.29. The van der Waals surface area contributed by atoms with E-state index in [1.807, 2.05) is 36.4 Å². The van der Waals surface area contributed by atoms with Gasteiger partial charge in [-0.3, -0.25) is 9.52 Å². The summed E-state index contributed by atoms with van der Waals surface area (Å²) in [7, 11) is -1.65. The van der Waals surface area contributed by atoms with Gasteiger partial charge >= 0.3 is 0 Å². The van der Waals surface area contributed by atoms with E-state index < -0.39 is 10.0 Å². The van der Waals surface area contributed by atoms with Crippen LogP contribution in [0.4, 0.5) is 11.4 Å². The van der Waals surface area contributed by atoms with E-state index in [-0.39, 0.29) is 25.0 Å². The first kappa shape index (κ1) is 30.7. The molecule has 1 atom stereocenters. The van der Waals surface area contributed by atoms with E-state index in [2.05, 4.69) is 15.7 Å². The molecule has 1 heterocycles. The summed E-state index contributed by atoms with van der Waals surface area (Å²) in [6.07, 6.45) is 3.38. The Bertz CT molecular complexity index is 1520. The van der Waals surface area contributed by atoms with Crippen molar-refractivity contribution in [2.75, 3.05) is 55.6 Å². The minimum atomic E-state index is -3.44. The molecule has 4 rings (SSSR count). The van der Waals surface area contributed by atoms with E-state index in [1.54, 1.807) is 47.2 Å². The summed E-state index contributed by atoms with van der Waals surface area (Å²) < 4.78 is 26.4. The van der Waals surface area contributed by atoms with Gasteiger partial charge in [0.1, 0.15) is 6.54 Å². The molecule has 1 N–H and O–H groups in total. The van der Waals surface area contributed by atoms with Crippen molar-refractivity contribution in [1.29, 1.82) is 5.26 Å². The number of benzene rings is 3. The first-order valence-electron chi connectivity index (χ1n) is 13.3.